The number of aromatic nitrogens is 2. The summed E-state index contributed by atoms with van der Waals surface area (Å²) in [5.41, 5.74) is 0.840. The van der Waals surface area contributed by atoms with Gasteiger partial charge in [-0.05, 0) is 24.6 Å². The van der Waals surface area contributed by atoms with Crippen LogP contribution >= 0.6 is 0 Å². The van der Waals surface area contributed by atoms with E-state index in [-0.39, 0.29) is 17.4 Å². The van der Waals surface area contributed by atoms with E-state index in [9.17, 15) is 9.18 Å². The minimum Gasteiger partial charge on any atom is -0.351 e. The SMILES string of the molecule is CCCCCNC(=O)c1cnc(Nc2cccc(F)c2)cn1. The first-order chi connectivity index (χ1) is 10.7. The molecule has 22 heavy (non-hydrogen) atoms. The number of amides is 1. The number of carbonyl (C=O) groups excluding carboxylic acids is 1. The number of nitrogens with one attached hydrogen (secondary N) is 2. The van der Waals surface area contributed by atoms with E-state index in [4.69, 9.17) is 0 Å². The first-order valence-corrected chi connectivity index (χ1v) is 7.32. The monoisotopic (exact) mass is 302 g/mol. The highest BCUT2D eigenvalue weighted by molar-refractivity contribution is 5.92. The number of unbranched alkanes of at least 4 members (excludes halogenated alkanes) is 2. The molecule has 2 rings (SSSR count). The molecule has 5 nitrogen and oxygen atoms in total. The van der Waals surface area contributed by atoms with Crippen LogP contribution in [-0.4, -0.2) is 22.4 Å². The highest BCUT2D eigenvalue weighted by atomic mass is 19.1. The normalized spacial score (nSPS) is 10.3. The minimum absolute atomic E-state index is 0.235. The Kier molecular flexibility index (Phi) is 5.82. The van der Waals surface area contributed by atoms with Gasteiger partial charge in [0, 0.05) is 12.2 Å². The Labute approximate surface area is 129 Å². The molecule has 2 aromatic rings. The average molecular weight is 302 g/mol. The maximum atomic E-state index is 13.1. The first kappa shape index (κ1) is 15.9. The summed E-state index contributed by atoms with van der Waals surface area (Å²) in [5, 5.41) is 5.72. The van der Waals surface area contributed by atoms with Crippen molar-refractivity contribution in [2.45, 2.75) is 26.2 Å². The lowest BCUT2D eigenvalue weighted by molar-refractivity contribution is 0.0947. The van der Waals surface area contributed by atoms with Gasteiger partial charge < -0.3 is 10.6 Å². The second kappa shape index (κ2) is 8.07. The summed E-state index contributed by atoms with van der Waals surface area (Å²) in [4.78, 5) is 20.0. The summed E-state index contributed by atoms with van der Waals surface area (Å²) in [6.07, 6.45) is 6.00. The Morgan fingerprint density at radius 2 is 2.09 bits per heavy atom. The summed E-state index contributed by atoms with van der Waals surface area (Å²) in [6.45, 7) is 2.75. The predicted octanol–water partition coefficient (Wildman–Crippen LogP) is 3.28. The maximum absolute atomic E-state index is 13.1. The van der Waals surface area contributed by atoms with Crippen LogP contribution in [0.25, 0.3) is 0 Å². The predicted molar refractivity (Wildman–Crippen MR) is 83.6 cm³/mol. The molecule has 1 aromatic heterocycles. The number of hydrogen-bond acceptors (Lipinski definition) is 4. The van der Waals surface area contributed by atoms with Crippen molar-refractivity contribution in [2.24, 2.45) is 0 Å². The quantitative estimate of drug-likeness (QED) is 0.770. The lowest BCUT2D eigenvalue weighted by atomic mass is 10.2. The fraction of sp³-hybridized carbons (Fsp3) is 0.312. The molecule has 0 unspecified atom stereocenters. The highest BCUT2D eigenvalue weighted by Gasteiger charge is 2.07. The van der Waals surface area contributed by atoms with Crippen molar-refractivity contribution in [3.63, 3.8) is 0 Å². The highest BCUT2D eigenvalue weighted by Crippen LogP contribution is 2.14. The summed E-state index contributed by atoms with van der Waals surface area (Å²) in [7, 11) is 0. The van der Waals surface area contributed by atoms with Crippen LogP contribution in [0.1, 0.15) is 36.7 Å². The van der Waals surface area contributed by atoms with Crippen LogP contribution in [0.2, 0.25) is 0 Å². The van der Waals surface area contributed by atoms with Crippen LogP contribution in [0.5, 0.6) is 0 Å². The molecule has 0 aliphatic heterocycles. The number of carbonyl (C=O) groups is 1. The topological polar surface area (TPSA) is 66.9 Å². The first-order valence-electron chi connectivity index (χ1n) is 7.32. The third-order valence-corrected chi connectivity index (χ3v) is 3.05. The van der Waals surface area contributed by atoms with Crippen molar-refractivity contribution >= 4 is 17.4 Å². The smallest absolute Gasteiger partial charge is 0.271 e. The second-order valence-electron chi connectivity index (χ2n) is 4.89. The van der Waals surface area contributed by atoms with Crippen LogP contribution in [0, 0.1) is 5.82 Å². The minimum atomic E-state index is -0.332. The third kappa shape index (κ3) is 4.80. The molecule has 0 aliphatic rings. The number of rotatable bonds is 7. The molecule has 0 aliphatic carbocycles. The van der Waals surface area contributed by atoms with Gasteiger partial charge in [-0.3, -0.25) is 4.79 Å². The number of halogens is 1. The molecule has 1 aromatic carbocycles. The zero-order valence-corrected chi connectivity index (χ0v) is 12.5. The number of hydrogen-bond donors (Lipinski definition) is 2. The van der Waals surface area contributed by atoms with Crippen molar-refractivity contribution < 1.29 is 9.18 Å². The Morgan fingerprint density at radius 1 is 1.23 bits per heavy atom. The number of nitrogens with zero attached hydrogens (tertiary/aromatic N) is 2. The standard InChI is InChI=1S/C16H19FN4O/c1-2-3-4-8-18-16(22)14-10-20-15(11-19-14)21-13-7-5-6-12(17)9-13/h5-7,9-11H,2-4,8H2,1H3,(H,18,22)(H,20,21). The zero-order chi connectivity index (χ0) is 15.8. The summed E-state index contributed by atoms with van der Waals surface area (Å²) in [5.74, 6) is -0.116. The van der Waals surface area contributed by atoms with Crippen molar-refractivity contribution in [3.8, 4) is 0 Å². The van der Waals surface area contributed by atoms with Gasteiger partial charge in [0.05, 0.1) is 12.4 Å². The lowest BCUT2D eigenvalue weighted by Crippen LogP contribution is -2.25. The molecule has 1 heterocycles. The Hall–Kier alpha value is -2.50. The largest absolute Gasteiger partial charge is 0.351 e. The molecule has 0 saturated heterocycles. The zero-order valence-electron chi connectivity index (χ0n) is 12.5. The molecule has 0 atom stereocenters. The van der Waals surface area contributed by atoms with Crippen LogP contribution < -0.4 is 10.6 Å². The van der Waals surface area contributed by atoms with Gasteiger partial charge in [-0.15, -0.1) is 0 Å². The molecule has 0 saturated carbocycles. The van der Waals surface area contributed by atoms with Gasteiger partial charge in [0.1, 0.15) is 17.3 Å². The Bertz CT molecular complexity index is 616. The summed E-state index contributed by atoms with van der Waals surface area (Å²) in [6, 6.07) is 6.04. The van der Waals surface area contributed by atoms with Gasteiger partial charge in [-0.2, -0.15) is 0 Å². The lowest BCUT2D eigenvalue weighted by Gasteiger charge is -2.07. The van der Waals surface area contributed by atoms with Gasteiger partial charge in [0.15, 0.2) is 0 Å². The molecule has 0 radical (unpaired) electrons. The molecular weight excluding hydrogens is 283 g/mol. The molecular formula is C16H19FN4O. The summed E-state index contributed by atoms with van der Waals surface area (Å²) >= 11 is 0. The molecule has 116 valence electrons. The van der Waals surface area contributed by atoms with Gasteiger partial charge in [-0.25, -0.2) is 14.4 Å². The molecule has 2 N–H and O–H groups in total. The number of benzene rings is 1. The average Bonchev–Trinajstić information content (AvgIpc) is 2.52. The van der Waals surface area contributed by atoms with Crippen molar-refractivity contribution in [1.82, 2.24) is 15.3 Å². The summed E-state index contributed by atoms with van der Waals surface area (Å²) < 4.78 is 13.1. The Balaban J connectivity index is 1.91. The third-order valence-electron chi connectivity index (χ3n) is 3.05. The molecule has 6 heteroatoms. The van der Waals surface area contributed by atoms with Gasteiger partial charge in [-0.1, -0.05) is 25.8 Å². The van der Waals surface area contributed by atoms with E-state index >= 15 is 0 Å². The van der Waals surface area contributed by atoms with Crippen molar-refractivity contribution in [3.05, 3.63) is 48.2 Å². The van der Waals surface area contributed by atoms with E-state index < -0.39 is 0 Å². The Morgan fingerprint density at radius 3 is 2.77 bits per heavy atom. The van der Waals surface area contributed by atoms with E-state index in [1.807, 2.05) is 0 Å². The van der Waals surface area contributed by atoms with Crippen molar-refractivity contribution in [2.75, 3.05) is 11.9 Å². The number of anilines is 2. The van der Waals surface area contributed by atoms with E-state index in [0.717, 1.165) is 19.3 Å². The van der Waals surface area contributed by atoms with Gasteiger partial charge in [0.2, 0.25) is 0 Å². The fourth-order valence-electron chi connectivity index (χ4n) is 1.89. The molecule has 0 fully saturated rings. The van der Waals surface area contributed by atoms with E-state index in [1.54, 1.807) is 12.1 Å². The van der Waals surface area contributed by atoms with Crippen LogP contribution in [-0.2, 0) is 0 Å². The van der Waals surface area contributed by atoms with Crippen molar-refractivity contribution in [1.29, 1.82) is 0 Å². The van der Waals surface area contributed by atoms with Crippen LogP contribution in [0.4, 0.5) is 15.9 Å². The van der Waals surface area contributed by atoms with Crippen LogP contribution in [0.3, 0.4) is 0 Å². The molecule has 0 spiro atoms. The van der Waals surface area contributed by atoms with Crippen LogP contribution in [0.15, 0.2) is 36.7 Å². The van der Waals surface area contributed by atoms with E-state index in [1.165, 1.54) is 24.5 Å². The van der Waals surface area contributed by atoms with E-state index in [2.05, 4.69) is 27.5 Å². The van der Waals surface area contributed by atoms with E-state index in [0.29, 0.717) is 18.1 Å². The fourth-order valence-corrected chi connectivity index (χ4v) is 1.89. The second-order valence-corrected chi connectivity index (χ2v) is 4.89. The molecule has 0 bridgehead atoms. The maximum Gasteiger partial charge on any atom is 0.271 e. The molecule has 1 amide bonds. The van der Waals surface area contributed by atoms with Gasteiger partial charge >= 0.3 is 0 Å². The van der Waals surface area contributed by atoms with Gasteiger partial charge in [0.25, 0.3) is 5.91 Å².